The Morgan fingerprint density at radius 2 is 2.07 bits per heavy atom. The van der Waals surface area contributed by atoms with Crippen LogP contribution in [0, 0.1) is 0 Å². The Morgan fingerprint density at radius 3 is 2.57 bits per heavy atom. The second-order valence-corrected chi connectivity index (χ2v) is 5.29. The summed E-state index contributed by atoms with van der Waals surface area (Å²) in [6, 6.07) is 0.421. The van der Waals surface area contributed by atoms with Crippen molar-refractivity contribution >= 4 is 0 Å². The molecule has 0 aromatic rings. The van der Waals surface area contributed by atoms with Gasteiger partial charge in [0.1, 0.15) is 0 Å². The Labute approximate surface area is 86.8 Å². The molecule has 0 aliphatic carbocycles. The van der Waals surface area contributed by atoms with Crippen molar-refractivity contribution in [3.63, 3.8) is 0 Å². The molecule has 0 radical (unpaired) electrons. The minimum absolute atomic E-state index is 0.189. The second kappa shape index (κ2) is 4.17. The lowest BCUT2D eigenvalue weighted by molar-refractivity contribution is -0.142. The summed E-state index contributed by atoms with van der Waals surface area (Å²) in [5.74, 6) is 0. The maximum atomic E-state index is 10.3. The van der Waals surface area contributed by atoms with Gasteiger partial charge in [0.15, 0.2) is 0 Å². The number of rotatable bonds is 3. The van der Waals surface area contributed by atoms with E-state index in [0.717, 1.165) is 6.42 Å². The molecule has 3 heteroatoms. The first kappa shape index (κ1) is 12.0. The smallest absolute Gasteiger partial charge is 0.0820 e. The summed E-state index contributed by atoms with van der Waals surface area (Å²) in [7, 11) is 0. The highest BCUT2D eigenvalue weighted by Gasteiger charge is 2.38. The number of hydrogen-bond acceptors (Lipinski definition) is 3. The molecule has 1 rings (SSSR count). The van der Waals surface area contributed by atoms with Gasteiger partial charge in [-0.3, -0.25) is 0 Å². The van der Waals surface area contributed by atoms with Crippen molar-refractivity contribution in [1.29, 1.82) is 0 Å². The predicted octanol–water partition coefficient (Wildman–Crippen LogP) is 1.30. The average molecular weight is 201 g/mol. The molecule has 1 unspecified atom stereocenters. The maximum absolute atomic E-state index is 10.3. The van der Waals surface area contributed by atoms with Crippen LogP contribution in [0.1, 0.15) is 40.5 Å². The minimum Gasteiger partial charge on any atom is -0.388 e. The minimum atomic E-state index is -0.591. The van der Waals surface area contributed by atoms with Crippen LogP contribution >= 0.6 is 0 Å². The van der Waals surface area contributed by atoms with Crippen LogP contribution in [0.15, 0.2) is 0 Å². The highest BCUT2D eigenvalue weighted by molar-refractivity contribution is 4.92. The number of hydrogen-bond donors (Lipinski definition) is 2. The van der Waals surface area contributed by atoms with Crippen LogP contribution in [0.2, 0.25) is 0 Å². The van der Waals surface area contributed by atoms with Gasteiger partial charge in [0.2, 0.25) is 0 Å². The summed E-state index contributed by atoms with van der Waals surface area (Å²) in [6.45, 7) is 9.57. The van der Waals surface area contributed by atoms with Gasteiger partial charge in [-0.15, -0.1) is 0 Å². The molecule has 0 amide bonds. The Bertz CT molecular complexity index is 192. The van der Waals surface area contributed by atoms with Gasteiger partial charge in [0.25, 0.3) is 0 Å². The van der Waals surface area contributed by atoms with Gasteiger partial charge in [-0.2, -0.15) is 0 Å². The summed E-state index contributed by atoms with van der Waals surface area (Å²) < 4.78 is 5.58. The third-order valence-corrected chi connectivity index (χ3v) is 2.65. The summed E-state index contributed by atoms with van der Waals surface area (Å²) in [6.07, 6.45) is 1.44. The molecular formula is C11H23NO2. The van der Waals surface area contributed by atoms with Crippen molar-refractivity contribution in [2.24, 2.45) is 0 Å². The lowest BCUT2D eigenvalue weighted by Crippen LogP contribution is -2.52. The number of nitrogens with one attached hydrogen (secondary N) is 1. The van der Waals surface area contributed by atoms with Gasteiger partial charge in [-0.1, -0.05) is 13.8 Å². The third kappa shape index (κ3) is 3.56. The normalized spacial score (nSPS) is 32.1. The van der Waals surface area contributed by atoms with E-state index in [0.29, 0.717) is 25.6 Å². The zero-order valence-electron chi connectivity index (χ0n) is 9.76. The zero-order chi connectivity index (χ0) is 10.8. The fourth-order valence-corrected chi connectivity index (χ4v) is 1.99. The Hall–Kier alpha value is -0.120. The fraction of sp³-hybridized carbons (Fsp3) is 1.00. The van der Waals surface area contributed by atoms with Crippen molar-refractivity contribution < 1.29 is 9.84 Å². The van der Waals surface area contributed by atoms with Crippen molar-refractivity contribution in [2.45, 2.75) is 57.8 Å². The molecule has 84 valence electrons. The van der Waals surface area contributed by atoms with E-state index in [2.05, 4.69) is 19.2 Å². The van der Waals surface area contributed by atoms with Crippen LogP contribution in [0.4, 0.5) is 0 Å². The van der Waals surface area contributed by atoms with Gasteiger partial charge in [0.05, 0.1) is 17.8 Å². The molecule has 1 aliphatic heterocycles. The van der Waals surface area contributed by atoms with Crippen LogP contribution in [-0.2, 0) is 4.74 Å². The molecule has 14 heavy (non-hydrogen) atoms. The summed E-state index contributed by atoms with van der Waals surface area (Å²) in [4.78, 5) is 0. The molecule has 0 spiro atoms. The molecule has 0 saturated carbocycles. The quantitative estimate of drug-likeness (QED) is 0.723. The SMILES string of the molecule is CC(C)NCC1(O)CCOC(C)(C)C1. The van der Waals surface area contributed by atoms with Crippen LogP contribution in [0.25, 0.3) is 0 Å². The first-order chi connectivity index (χ1) is 6.33. The standard InChI is InChI=1S/C11H23NO2/c1-9(2)12-8-11(13)5-6-14-10(3,4)7-11/h9,12-13H,5-8H2,1-4H3. The largest absolute Gasteiger partial charge is 0.388 e. The van der Waals surface area contributed by atoms with E-state index in [-0.39, 0.29) is 5.60 Å². The van der Waals surface area contributed by atoms with Crippen molar-refractivity contribution in [2.75, 3.05) is 13.2 Å². The van der Waals surface area contributed by atoms with Crippen molar-refractivity contribution in [1.82, 2.24) is 5.32 Å². The highest BCUT2D eigenvalue weighted by atomic mass is 16.5. The first-order valence-corrected chi connectivity index (χ1v) is 5.43. The average Bonchev–Trinajstić information content (AvgIpc) is 1.98. The van der Waals surface area contributed by atoms with Gasteiger partial charge in [-0.25, -0.2) is 0 Å². The van der Waals surface area contributed by atoms with E-state index in [9.17, 15) is 5.11 Å². The third-order valence-electron chi connectivity index (χ3n) is 2.65. The number of aliphatic hydroxyl groups is 1. The van der Waals surface area contributed by atoms with Gasteiger partial charge >= 0.3 is 0 Å². The van der Waals surface area contributed by atoms with Gasteiger partial charge in [-0.05, 0) is 13.8 Å². The van der Waals surface area contributed by atoms with E-state index in [1.807, 2.05) is 13.8 Å². The topological polar surface area (TPSA) is 41.5 Å². The molecule has 1 saturated heterocycles. The molecule has 1 fully saturated rings. The van der Waals surface area contributed by atoms with Crippen LogP contribution in [0.3, 0.4) is 0 Å². The molecule has 0 aromatic heterocycles. The first-order valence-electron chi connectivity index (χ1n) is 5.43. The summed E-state index contributed by atoms with van der Waals surface area (Å²) in [5.41, 5.74) is -0.780. The molecule has 2 N–H and O–H groups in total. The van der Waals surface area contributed by atoms with Crippen LogP contribution < -0.4 is 5.32 Å². The Balaban J connectivity index is 2.47. The van der Waals surface area contributed by atoms with E-state index >= 15 is 0 Å². The molecule has 0 aromatic carbocycles. The summed E-state index contributed by atoms with van der Waals surface area (Å²) in [5, 5.41) is 13.6. The van der Waals surface area contributed by atoms with Crippen LogP contribution in [-0.4, -0.2) is 35.5 Å². The summed E-state index contributed by atoms with van der Waals surface area (Å²) >= 11 is 0. The Morgan fingerprint density at radius 1 is 1.43 bits per heavy atom. The molecule has 1 aliphatic rings. The highest BCUT2D eigenvalue weighted by Crippen LogP contribution is 2.31. The van der Waals surface area contributed by atoms with E-state index < -0.39 is 5.60 Å². The molecule has 1 heterocycles. The lowest BCUT2D eigenvalue weighted by Gasteiger charge is -2.42. The molecule has 0 bridgehead atoms. The van der Waals surface area contributed by atoms with E-state index in [4.69, 9.17) is 4.74 Å². The monoisotopic (exact) mass is 201 g/mol. The van der Waals surface area contributed by atoms with Crippen LogP contribution in [0.5, 0.6) is 0 Å². The lowest BCUT2D eigenvalue weighted by atomic mass is 9.84. The van der Waals surface area contributed by atoms with E-state index in [1.54, 1.807) is 0 Å². The molecular weight excluding hydrogens is 178 g/mol. The Kier molecular flexibility index (Phi) is 3.56. The van der Waals surface area contributed by atoms with Crippen molar-refractivity contribution in [3.05, 3.63) is 0 Å². The maximum Gasteiger partial charge on any atom is 0.0820 e. The molecule has 1 atom stereocenters. The fourth-order valence-electron chi connectivity index (χ4n) is 1.99. The molecule has 3 nitrogen and oxygen atoms in total. The van der Waals surface area contributed by atoms with E-state index in [1.165, 1.54) is 0 Å². The second-order valence-electron chi connectivity index (χ2n) is 5.29. The van der Waals surface area contributed by atoms with Crippen molar-refractivity contribution in [3.8, 4) is 0 Å². The predicted molar refractivity (Wildman–Crippen MR) is 57.4 cm³/mol. The number of ether oxygens (including phenoxy) is 1. The van der Waals surface area contributed by atoms with Gasteiger partial charge < -0.3 is 15.2 Å². The van der Waals surface area contributed by atoms with Gasteiger partial charge in [0, 0.05) is 25.4 Å². The zero-order valence-corrected chi connectivity index (χ0v) is 9.76.